The number of phenolic OH excluding ortho intramolecular Hbond substituents is 6. The van der Waals surface area contributed by atoms with Crippen LogP contribution in [0.25, 0.3) is 28.4 Å². The molecule has 7 rings (SSSR count). The van der Waals surface area contributed by atoms with Gasteiger partial charge in [-0.15, -0.1) is 0 Å². The Labute approximate surface area is 388 Å². The maximum absolute atomic E-state index is 14.2. The first-order valence-electron chi connectivity index (χ1n) is 21.0. The molecule has 4 heterocycles. The molecular weight excluding hydrogens is 928 g/mol. The lowest BCUT2D eigenvalue weighted by molar-refractivity contribution is -0.357. The summed E-state index contributed by atoms with van der Waals surface area (Å²) in [6.07, 6.45) is -24.6. The molecule has 0 saturated carbocycles. The van der Waals surface area contributed by atoms with Crippen molar-refractivity contribution in [2.75, 3.05) is 26.9 Å². The highest BCUT2D eigenvalue weighted by atomic mass is 16.7. The zero-order valence-electron chi connectivity index (χ0n) is 36.0. The number of hydrogen-bond donors (Lipinski definition) is 15. The number of carbonyl (C=O) groups excluding carboxylic acids is 1. The van der Waals surface area contributed by atoms with Crippen molar-refractivity contribution < 1.29 is 119 Å². The second-order valence-electron chi connectivity index (χ2n) is 16.3. The molecule has 3 fully saturated rings. The number of benzene rings is 3. The number of phenols is 6. The van der Waals surface area contributed by atoms with Gasteiger partial charge in [0.15, 0.2) is 58.6 Å². The number of fused-ring (bicyclic) bond motifs is 1. The Morgan fingerprint density at radius 2 is 1.25 bits per heavy atom. The topological polar surface area (TPSA) is 415 Å². The number of carbonyl (C=O) groups is 1. The van der Waals surface area contributed by atoms with Crippen LogP contribution in [0.5, 0.6) is 46.0 Å². The van der Waals surface area contributed by atoms with E-state index in [1.54, 1.807) is 0 Å². The molecule has 15 N–H and O–H groups in total. The molecule has 0 radical (unpaired) electrons. The highest BCUT2D eigenvalue weighted by molar-refractivity contribution is 5.94. The van der Waals surface area contributed by atoms with Gasteiger partial charge in [-0.05, 0) is 42.0 Å². The molecule has 0 aliphatic carbocycles. The molecule has 0 spiro atoms. The molecule has 3 saturated heterocycles. The Bertz CT molecular complexity index is 2560. The van der Waals surface area contributed by atoms with E-state index in [0.29, 0.717) is 0 Å². The van der Waals surface area contributed by atoms with Crippen LogP contribution in [0.3, 0.4) is 0 Å². The quantitative estimate of drug-likeness (QED) is 0.0431. The third kappa shape index (κ3) is 10.2. The average Bonchev–Trinajstić information content (AvgIpc) is 3.32. The van der Waals surface area contributed by atoms with E-state index in [2.05, 4.69) is 0 Å². The number of aliphatic hydroxyl groups excluding tert-OH is 9. The Morgan fingerprint density at radius 3 is 1.88 bits per heavy atom. The fourth-order valence-corrected chi connectivity index (χ4v) is 8.06. The summed E-state index contributed by atoms with van der Waals surface area (Å²) in [7, 11) is 1.08. The third-order valence-electron chi connectivity index (χ3n) is 11.8. The van der Waals surface area contributed by atoms with Crippen LogP contribution in [0, 0.1) is 5.92 Å². The van der Waals surface area contributed by atoms with Gasteiger partial charge in [0.1, 0.15) is 72.0 Å². The van der Waals surface area contributed by atoms with E-state index in [0.717, 1.165) is 43.5 Å². The fourth-order valence-electron chi connectivity index (χ4n) is 8.06. The lowest BCUT2D eigenvalue weighted by Crippen LogP contribution is -2.64. The number of hydrogen-bond acceptors (Lipinski definition) is 25. The number of methoxy groups -OCH3 is 1. The van der Waals surface area contributed by atoms with Crippen LogP contribution in [0.15, 0.2) is 57.8 Å². The predicted octanol–water partition coefficient (Wildman–Crippen LogP) is -2.54. The largest absolute Gasteiger partial charge is 0.504 e. The van der Waals surface area contributed by atoms with Gasteiger partial charge in [-0.3, -0.25) is 9.59 Å². The SMILES string of the molecule is COc1c(O)cc2oc(-c3ccc(O)c(O)c3)c(O[C@H]3O[C@H](CO[C@@H]4O[C@H](CO)[C@@H](O)[C@@H](O[C@H]5O[C@@H](CO)[C@H](O)[C@@H](O)[C@@H]5O)[C@H]4CC(=O)/C=C/c4ccc(O)c(O)c4)[C@H](O)[C@@H](O)[C@@H]3O)c(=O)c2c1O. The highest BCUT2D eigenvalue weighted by Crippen LogP contribution is 2.45. The minimum atomic E-state index is -2.17. The zero-order valence-corrected chi connectivity index (χ0v) is 36.0. The van der Waals surface area contributed by atoms with Gasteiger partial charge in [0.05, 0.1) is 33.0 Å². The zero-order chi connectivity index (χ0) is 50.2. The average molecular weight is 979 g/mol. The molecule has 25 heteroatoms. The maximum atomic E-state index is 14.2. The van der Waals surface area contributed by atoms with Crippen LogP contribution in [-0.4, -0.2) is 195 Å². The Kier molecular flexibility index (Phi) is 15.5. The molecule has 4 aromatic rings. The van der Waals surface area contributed by atoms with E-state index in [1.807, 2.05) is 0 Å². The van der Waals surface area contributed by atoms with Crippen molar-refractivity contribution in [2.24, 2.45) is 5.92 Å². The third-order valence-corrected chi connectivity index (χ3v) is 11.8. The summed E-state index contributed by atoms with van der Waals surface area (Å²) in [5.41, 5.74) is -1.51. The van der Waals surface area contributed by atoms with Gasteiger partial charge in [0.25, 0.3) is 0 Å². The number of rotatable bonds is 15. The van der Waals surface area contributed by atoms with Gasteiger partial charge in [-0.25, -0.2) is 0 Å². The summed E-state index contributed by atoms with van der Waals surface area (Å²) in [5, 5.41) is 157. The molecule has 0 amide bonds. The predicted molar refractivity (Wildman–Crippen MR) is 227 cm³/mol. The highest BCUT2D eigenvalue weighted by Gasteiger charge is 2.53. The summed E-state index contributed by atoms with van der Waals surface area (Å²) >= 11 is 0. The first-order valence-corrected chi connectivity index (χ1v) is 21.0. The van der Waals surface area contributed by atoms with Gasteiger partial charge in [0, 0.05) is 24.0 Å². The lowest BCUT2D eigenvalue weighted by Gasteiger charge is -2.47. The van der Waals surface area contributed by atoms with Crippen LogP contribution in [0.1, 0.15) is 12.0 Å². The molecule has 3 aliphatic heterocycles. The van der Waals surface area contributed by atoms with Gasteiger partial charge in [-0.2, -0.15) is 0 Å². The summed E-state index contributed by atoms with van der Waals surface area (Å²) in [6.45, 7) is -2.65. The molecule has 0 bridgehead atoms. The maximum Gasteiger partial charge on any atom is 0.239 e. The van der Waals surface area contributed by atoms with Crippen LogP contribution < -0.4 is 14.9 Å². The van der Waals surface area contributed by atoms with Crippen molar-refractivity contribution >= 4 is 22.8 Å². The summed E-state index contributed by atoms with van der Waals surface area (Å²) in [5.74, 6) is -7.91. The molecule has 3 aliphatic rings. The van der Waals surface area contributed by atoms with E-state index in [1.165, 1.54) is 18.2 Å². The van der Waals surface area contributed by atoms with Crippen molar-refractivity contribution in [1.82, 2.24) is 0 Å². The molecule has 15 atom stereocenters. The monoisotopic (exact) mass is 978 g/mol. The minimum absolute atomic E-state index is 0.146. The molecule has 25 nitrogen and oxygen atoms in total. The number of aliphatic hydroxyl groups is 9. The van der Waals surface area contributed by atoms with Gasteiger partial charge in [0.2, 0.25) is 23.2 Å². The van der Waals surface area contributed by atoms with Crippen molar-refractivity contribution in [2.45, 2.75) is 92.4 Å². The molecular formula is C44H50O25. The van der Waals surface area contributed by atoms with Crippen molar-refractivity contribution in [1.29, 1.82) is 0 Å². The first-order chi connectivity index (χ1) is 32.8. The van der Waals surface area contributed by atoms with Crippen LogP contribution in [0.4, 0.5) is 0 Å². The Morgan fingerprint density at radius 1 is 0.652 bits per heavy atom. The number of aromatic hydroxyl groups is 6. The van der Waals surface area contributed by atoms with E-state index in [9.17, 15) is 86.2 Å². The smallest absolute Gasteiger partial charge is 0.239 e. The molecule has 69 heavy (non-hydrogen) atoms. The van der Waals surface area contributed by atoms with Crippen molar-refractivity contribution in [3.05, 3.63) is 64.3 Å². The second-order valence-corrected chi connectivity index (χ2v) is 16.3. The van der Waals surface area contributed by atoms with E-state index >= 15 is 0 Å². The van der Waals surface area contributed by atoms with E-state index in [4.69, 9.17) is 37.6 Å². The molecule has 3 aromatic carbocycles. The van der Waals surface area contributed by atoms with Crippen molar-refractivity contribution in [3.8, 4) is 57.3 Å². The summed E-state index contributed by atoms with van der Waals surface area (Å²) in [4.78, 5) is 27.8. The molecule has 376 valence electrons. The standard InChI is InChI=1S/C44H50O25/c1-62-40-23(52)11-24-28(32(40)56)33(57)41(38(64-24)16-4-7-20(49)22(51)9-16)69-44-37(61)35(59)30(54)27(67-44)14-63-42-18(10-17(47)5-2-15-3-6-19(48)21(50)8-15)39(31(55)26(13-46)65-42)68-43-36(60)34(58)29(53)25(12-45)66-43/h2-9,11,18,25-27,29-31,34-37,39,42-46,48-56,58-61H,10,12-14H2,1H3/b5-2+/t18-,25+,26-,27-,29+,30+,31-,34-,35-,36+,37+,39+,42-,43-,44-/m1/s1. The van der Waals surface area contributed by atoms with Crippen LogP contribution in [-0.2, 0) is 28.5 Å². The fraction of sp³-hybridized carbons (Fsp3) is 0.455. The van der Waals surface area contributed by atoms with Crippen molar-refractivity contribution in [3.63, 3.8) is 0 Å². The van der Waals surface area contributed by atoms with Gasteiger partial charge >= 0.3 is 0 Å². The van der Waals surface area contributed by atoms with Gasteiger partial charge < -0.3 is 114 Å². The van der Waals surface area contributed by atoms with Gasteiger partial charge in [-0.1, -0.05) is 12.1 Å². The van der Waals surface area contributed by atoms with Crippen LogP contribution in [0.2, 0.25) is 0 Å². The first kappa shape index (κ1) is 51.0. The summed E-state index contributed by atoms with van der Waals surface area (Å²) in [6, 6.07) is 7.74. The number of ether oxygens (including phenoxy) is 7. The van der Waals surface area contributed by atoms with E-state index in [-0.39, 0.29) is 11.1 Å². The Balaban J connectivity index is 1.20. The Hall–Kier alpha value is -5.88. The molecule has 0 unspecified atom stereocenters. The minimum Gasteiger partial charge on any atom is -0.504 e. The lowest BCUT2D eigenvalue weighted by atomic mass is 9.86. The second kappa shape index (κ2) is 21.0. The molecule has 1 aromatic heterocycles. The number of allylic oxidation sites excluding steroid dienone is 1. The summed E-state index contributed by atoms with van der Waals surface area (Å²) < 4.78 is 45.9. The normalized spacial score (nSPS) is 31.8. The van der Waals surface area contributed by atoms with Crippen LogP contribution >= 0.6 is 0 Å². The number of ketones is 1. The van der Waals surface area contributed by atoms with E-state index < -0.39 is 192 Å².